The summed E-state index contributed by atoms with van der Waals surface area (Å²) in [5, 5.41) is 6.62. The zero-order valence-electron chi connectivity index (χ0n) is 19.3. The third-order valence-electron chi connectivity index (χ3n) is 4.93. The summed E-state index contributed by atoms with van der Waals surface area (Å²) in [4.78, 5) is 8.87. The van der Waals surface area contributed by atoms with Gasteiger partial charge >= 0.3 is 0 Å². The van der Waals surface area contributed by atoms with Crippen molar-refractivity contribution in [1.82, 2.24) is 15.6 Å². The van der Waals surface area contributed by atoms with E-state index in [1.807, 2.05) is 24.3 Å². The summed E-state index contributed by atoms with van der Waals surface area (Å²) in [6.07, 6.45) is 2.52. The molecule has 0 fully saturated rings. The number of benzene rings is 2. The van der Waals surface area contributed by atoms with Gasteiger partial charge in [0, 0.05) is 44.9 Å². The van der Waals surface area contributed by atoms with Crippen molar-refractivity contribution in [2.45, 2.75) is 33.4 Å². The Balaban J connectivity index is 1.54. The van der Waals surface area contributed by atoms with Gasteiger partial charge in [-0.15, -0.1) is 0 Å². The molecule has 0 atom stereocenters. The highest BCUT2D eigenvalue weighted by Crippen LogP contribution is 2.21. The summed E-state index contributed by atoms with van der Waals surface area (Å²) in [5.41, 5.74) is 5.20. The topological polar surface area (TPSA) is 80.9 Å². The summed E-state index contributed by atoms with van der Waals surface area (Å²) >= 11 is 0. The van der Waals surface area contributed by atoms with Crippen LogP contribution >= 0.6 is 0 Å². The Morgan fingerprint density at radius 1 is 1.00 bits per heavy atom. The van der Waals surface area contributed by atoms with Crippen molar-refractivity contribution in [3.05, 3.63) is 71.1 Å². The zero-order valence-corrected chi connectivity index (χ0v) is 19.3. The first-order chi connectivity index (χ1) is 15.6. The minimum Gasteiger partial charge on any atom is -0.493 e. The van der Waals surface area contributed by atoms with E-state index >= 15 is 0 Å². The van der Waals surface area contributed by atoms with Crippen molar-refractivity contribution >= 4 is 5.96 Å². The Morgan fingerprint density at radius 3 is 2.50 bits per heavy atom. The summed E-state index contributed by atoms with van der Waals surface area (Å²) in [7, 11) is 3.44. The Labute approximate surface area is 189 Å². The van der Waals surface area contributed by atoms with Crippen molar-refractivity contribution in [3.63, 3.8) is 0 Å². The van der Waals surface area contributed by atoms with E-state index in [1.165, 1.54) is 5.56 Å². The minimum absolute atomic E-state index is 0.503. The normalized spacial score (nSPS) is 11.4. The molecule has 0 amide bonds. The van der Waals surface area contributed by atoms with E-state index in [0.29, 0.717) is 38.2 Å². The second-order valence-electron chi connectivity index (χ2n) is 7.60. The summed E-state index contributed by atoms with van der Waals surface area (Å²) in [6, 6.07) is 14.3. The first kappa shape index (κ1) is 23.3. The lowest BCUT2D eigenvalue weighted by atomic mass is 10.1. The van der Waals surface area contributed by atoms with Gasteiger partial charge < -0.3 is 24.5 Å². The van der Waals surface area contributed by atoms with Crippen LogP contribution in [-0.4, -0.2) is 38.3 Å². The lowest BCUT2D eigenvalue weighted by Gasteiger charge is -2.15. The maximum atomic E-state index is 5.96. The molecule has 0 aliphatic heterocycles. The molecule has 0 saturated heterocycles. The minimum atomic E-state index is 0.503. The molecule has 0 aliphatic rings. The maximum Gasteiger partial charge on any atom is 0.226 e. The number of guanidine groups is 1. The van der Waals surface area contributed by atoms with Crippen molar-refractivity contribution in [1.29, 1.82) is 0 Å². The molecule has 0 saturated carbocycles. The van der Waals surface area contributed by atoms with Gasteiger partial charge in [0.25, 0.3) is 0 Å². The van der Waals surface area contributed by atoms with Gasteiger partial charge in [0.2, 0.25) is 5.89 Å². The van der Waals surface area contributed by atoms with Crippen molar-refractivity contribution in [3.8, 4) is 17.2 Å². The number of hydrogen-bond donors (Lipinski definition) is 2. The second kappa shape index (κ2) is 11.9. The van der Waals surface area contributed by atoms with Crippen LogP contribution in [0, 0.1) is 13.8 Å². The van der Waals surface area contributed by atoms with E-state index in [2.05, 4.69) is 52.7 Å². The van der Waals surface area contributed by atoms with Crippen molar-refractivity contribution in [2.75, 3.05) is 27.4 Å². The number of hydrogen-bond acceptors (Lipinski definition) is 5. The Kier molecular flexibility index (Phi) is 8.69. The molecule has 2 aromatic carbocycles. The van der Waals surface area contributed by atoms with Gasteiger partial charge in [-0.1, -0.05) is 29.8 Å². The molecule has 7 heteroatoms. The number of aryl methyl sites for hydroxylation is 2. The molecule has 0 aliphatic carbocycles. The molecule has 32 heavy (non-hydrogen) atoms. The fourth-order valence-corrected chi connectivity index (χ4v) is 3.12. The third kappa shape index (κ3) is 6.85. The van der Waals surface area contributed by atoms with Crippen LogP contribution < -0.4 is 15.4 Å². The van der Waals surface area contributed by atoms with Crippen LogP contribution in [0.2, 0.25) is 0 Å². The van der Waals surface area contributed by atoms with Gasteiger partial charge in [-0.2, -0.15) is 0 Å². The predicted molar refractivity (Wildman–Crippen MR) is 127 cm³/mol. The van der Waals surface area contributed by atoms with Crippen molar-refractivity contribution < 1.29 is 13.9 Å². The molecule has 0 spiro atoms. The van der Waals surface area contributed by atoms with Crippen LogP contribution in [0.5, 0.6) is 5.75 Å². The molecule has 1 aromatic heterocycles. The molecule has 0 radical (unpaired) electrons. The Bertz CT molecular complexity index is 1010. The molecular formula is C25H32N4O3. The van der Waals surface area contributed by atoms with Gasteiger partial charge in [0.1, 0.15) is 12.0 Å². The number of rotatable bonds is 10. The number of nitrogens with zero attached hydrogens (tertiary/aromatic N) is 2. The summed E-state index contributed by atoms with van der Waals surface area (Å²) < 4.78 is 16.7. The lowest BCUT2D eigenvalue weighted by Crippen LogP contribution is -2.36. The van der Waals surface area contributed by atoms with Crippen LogP contribution in [0.25, 0.3) is 11.5 Å². The van der Waals surface area contributed by atoms with Crippen LogP contribution in [0.3, 0.4) is 0 Å². The number of nitrogens with one attached hydrogen (secondary N) is 2. The van der Waals surface area contributed by atoms with Crippen LogP contribution in [0.4, 0.5) is 0 Å². The third-order valence-corrected chi connectivity index (χ3v) is 4.93. The molecule has 1 heterocycles. The van der Waals surface area contributed by atoms with Gasteiger partial charge in [0.15, 0.2) is 5.96 Å². The van der Waals surface area contributed by atoms with E-state index in [1.54, 1.807) is 20.4 Å². The van der Waals surface area contributed by atoms with Crippen LogP contribution in [0.15, 0.2) is 58.1 Å². The zero-order chi connectivity index (χ0) is 22.8. The Hall–Kier alpha value is -3.32. The smallest absolute Gasteiger partial charge is 0.226 e. The van der Waals surface area contributed by atoms with E-state index in [4.69, 9.17) is 13.9 Å². The molecule has 2 N–H and O–H groups in total. The average Bonchev–Trinajstić information content (AvgIpc) is 3.27. The average molecular weight is 437 g/mol. The largest absolute Gasteiger partial charge is 0.493 e. The van der Waals surface area contributed by atoms with E-state index < -0.39 is 0 Å². The van der Waals surface area contributed by atoms with Crippen LogP contribution in [0.1, 0.15) is 28.8 Å². The molecule has 7 nitrogen and oxygen atoms in total. The fourth-order valence-electron chi connectivity index (χ4n) is 3.12. The molecule has 3 aromatic rings. The summed E-state index contributed by atoms with van der Waals surface area (Å²) in [6.45, 7) is 6.51. The van der Waals surface area contributed by atoms with Gasteiger partial charge in [-0.3, -0.25) is 4.99 Å². The number of ether oxygens (including phenoxy) is 2. The highest BCUT2D eigenvalue weighted by Gasteiger charge is 2.09. The first-order valence-electron chi connectivity index (χ1n) is 10.8. The van der Waals surface area contributed by atoms with E-state index in [0.717, 1.165) is 34.6 Å². The predicted octanol–water partition coefficient (Wildman–Crippen LogP) is 4.24. The quantitative estimate of drug-likeness (QED) is 0.281. The fraction of sp³-hybridized carbons (Fsp3) is 0.360. The van der Waals surface area contributed by atoms with Gasteiger partial charge in [0.05, 0.1) is 18.8 Å². The van der Waals surface area contributed by atoms with Gasteiger partial charge in [-0.05, 0) is 37.6 Å². The van der Waals surface area contributed by atoms with Crippen LogP contribution in [-0.2, 0) is 17.8 Å². The highest BCUT2D eigenvalue weighted by molar-refractivity contribution is 5.79. The monoisotopic (exact) mass is 436 g/mol. The second-order valence-corrected chi connectivity index (χ2v) is 7.60. The van der Waals surface area contributed by atoms with Gasteiger partial charge in [-0.25, -0.2) is 4.98 Å². The number of oxazole rings is 1. The molecular weight excluding hydrogens is 404 g/mol. The standard InChI is InChI=1S/C25H32N4O3/c1-18-6-9-20(10-7-18)24-29-22(17-32-24)16-28-25(26-3)27-15-21-11-8-19(2)14-23(21)31-13-5-12-30-4/h6-11,14,17H,5,12-13,15-16H2,1-4H3,(H2,26,27,28). The molecule has 0 bridgehead atoms. The highest BCUT2D eigenvalue weighted by atomic mass is 16.5. The molecule has 170 valence electrons. The maximum absolute atomic E-state index is 5.96. The lowest BCUT2D eigenvalue weighted by molar-refractivity contribution is 0.171. The Morgan fingerprint density at radius 2 is 1.75 bits per heavy atom. The SMILES string of the molecule is CN=C(NCc1coc(-c2ccc(C)cc2)n1)NCc1ccc(C)cc1OCCCOC. The van der Waals surface area contributed by atoms with E-state index in [9.17, 15) is 0 Å². The number of aliphatic imine (C=N–C) groups is 1. The molecule has 0 unspecified atom stereocenters. The number of aromatic nitrogens is 1. The summed E-state index contributed by atoms with van der Waals surface area (Å²) in [5.74, 6) is 2.17. The molecule has 3 rings (SSSR count). The first-order valence-corrected chi connectivity index (χ1v) is 10.8. The van der Waals surface area contributed by atoms with E-state index in [-0.39, 0.29) is 0 Å². The van der Waals surface area contributed by atoms with Crippen molar-refractivity contribution in [2.24, 2.45) is 4.99 Å². The number of methoxy groups -OCH3 is 1.